The summed E-state index contributed by atoms with van der Waals surface area (Å²) in [6.07, 6.45) is -14.9. The van der Waals surface area contributed by atoms with Crippen molar-refractivity contribution in [2.45, 2.75) is 36.8 Å². The third kappa shape index (κ3) is 6.60. The van der Waals surface area contributed by atoms with Gasteiger partial charge in [-0.15, -0.1) is 0 Å². The van der Waals surface area contributed by atoms with E-state index >= 15 is 0 Å². The summed E-state index contributed by atoms with van der Waals surface area (Å²) >= 11 is 0. The van der Waals surface area contributed by atoms with Gasteiger partial charge in [-0.25, -0.2) is 8.78 Å². The maximum Gasteiger partial charge on any atom is 0.416 e. The lowest BCUT2D eigenvalue weighted by atomic mass is 9.77. The van der Waals surface area contributed by atoms with Crippen molar-refractivity contribution >= 4 is 5.91 Å². The van der Waals surface area contributed by atoms with Crippen LogP contribution in [-0.4, -0.2) is 23.3 Å². The molecule has 0 saturated heterocycles. The molecule has 2 N–H and O–H groups in total. The monoisotopic (exact) mass is 517 g/mol. The van der Waals surface area contributed by atoms with Gasteiger partial charge in [0.05, 0.1) is 17.5 Å². The first-order valence-electron chi connectivity index (χ1n) is 10.4. The molecule has 0 spiro atoms. The van der Waals surface area contributed by atoms with Crippen LogP contribution in [0.25, 0.3) is 0 Å². The fourth-order valence-electron chi connectivity index (χ4n) is 3.80. The second kappa shape index (κ2) is 10.3. The molecule has 0 heterocycles. The van der Waals surface area contributed by atoms with Crippen molar-refractivity contribution in [1.29, 1.82) is 0 Å². The van der Waals surface area contributed by atoms with Gasteiger partial charge in [-0.2, -0.15) is 26.3 Å². The topological polar surface area (TPSA) is 49.3 Å². The van der Waals surface area contributed by atoms with Crippen LogP contribution >= 0.6 is 0 Å². The summed E-state index contributed by atoms with van der Waals surface area (Å²) in [7, 11) is 0. The molecule has 3 nitrogen and oxygen atoms in total. The highest BCUT2D eigenvalue weighted by atomic mass is 19.4. The van der Waals surface area contributed by atoms with Crippen LogP contribution in [0, 0.1) is 11.6 Å². The molecule has 0 saturated carbocycles. The molecule has 0 bridgehead atoms. The zero-order chi connectivity index (χ0) is 26.7. The minimum Gasteiger partial charge on any atom is -0.383 e. The lowest BCUT2D eigenvalue weighted by molar-refractivity contribution is -0.164. The van der Waals surface area contributed by atoms with E-state index < -0.39 is 59.1 Å². The quantitative estimate of drug-likeness (QED) is 0.384. The molecule has 3 aromatic rings. The molecule has 0 fully saturated rings. The molecule has 0 aliphatic heterocycles. The summed E-state index contributed by atoms with van der Waals surface area (Å²) in [4.78, 5) is 12.8. The number of nitrogens with one attached hydrogen (secondary N) is 1. The fourth-order valence-corrected chi connectivity index (χ4v) is 3.80. The molecule has 0 aliphatic carbocycles. The van der Waals surface area contributed by atoms with Crippen LogP contribution in [0.3, 0.4) is 0 Å². The van der Waals surface area contributed by atoms with Crippen LogP contribution in [0.5, 0.6) is 0 Å². The predicted molar refractivity (Wildman–Crippen MR) is 114 cm³/mol. The number of halogens is 8. The van der Waals surface area contributed by atoms with Crippen LogP contribution in [0.4, 0.5) is 35.1 Å². The van der Waals surface area contributed by atoms with Gasteiger partial charge < -0.3 is 10.4 Å². The van der Waals surface area contributed by atoms with E-state index in [4.69, 9.17) is 0 Å². The second-order valence-electron chi connectivity index (χ2n) is 8.13. The lowest BCUT2D eigenvalue weighted by Gasteiger charge is -2.37. The molecule has 0 aliphatic rings. The van der Waals surface area contributed by atoms with Gasteiger partial charge in [-0.05, 0) is 47.0 Å². The Morgan fingerprint density at radius 3 is 1.92 bits per heavy atom. The normalized spacial score (nSPS) is 14.7. The summed E-state index contributed by atoms with van der Waals surface area (Å²) in [6.45, 7) is 0. The number of rotatable bonds is 7. The third-order valence-corrected chi connectivity index (χ3v) is 5.43. The summed E-state index contributed by atoms with van der Waals surface area (Å²) < 4.78 is 107. The van der Waals surface area contributed by atoms with Crippen molar-refractivity contribution < 1.29 is 45.0 Å². The van der Waals surface area contributed by atoms with E-state index in [1.807, 2.05) is 0 Å². The number of benzene rings is 3. The standard InChI is InChI=1S/C25H19F8NO2/c26-19-8-6-16(7-9-19)23(13-15-4-2-1-3-5-15,34-22(36)21(35)14-24(28,29)30)17-10-18(25(31,32)33)12-20(27)11-17/h1-12,21,35H,13-14H2,(H,34,36)/t21-,23-/m0/s1. The Hall–Kier alpha value is -3.47. The van der Waals surface area contributed by atoms with Crippen molar-refractivity contribution in [2.75, 3.05) is 0 Å². The maximum atomic E-state index is 14.5. The Kier molecular flexibility index (Phi) is 7.73. The molecule has 0 aromatic heterocycles. The average Bonchev–Trinajstić information content (AvgIpc) is 2.77. The van der Waals surface area contributed by atoms with Gasteiger partial charge in [0.25, 0.3) is 0 Å². The minimum atomic E-state index is -5.00. The van der Waals surface area contributed by atoms with Crippen molar-refractivity contribution in [3.05, 3.63) is 107 Å². The number of amides is 1. The Morgan fingerprint density at radius 1 is 0.778 bits per heavy atom. The zero-order valence-electron chi connectivity index (χ0n) is 18.3. The van der Waals surface area contributed by atoms with Gasteiger partial charge in [0, 0.05) is 6.42 Å². The molecule has 0 radical (unpaired) electrons. The van der Waals surface area contributed by atoms with Gasteiger partial charge in [0.15, 0.2) is 0 Å². The average molecular weight is 517 g/mol. The van der Waals surface area contributed by atoms with E-state index in [9.17, 15) is 45.0 Å². The van der Waals surface area contributed by atoms with Gasteiger partial charge in [-0.1, -0.05) is 42.5 Å². The summed E-state index contributed by atoms with van der Waals surface area (Å²) in [5.41, 5.74) is -3.68. The minimum absolute atomic E-state index is 0.0564. The molecule has 1 amide bonds. The van der Waals surface area contributed by atoms with E-state index in [-0.39, 0.29) is 18.1 Å². The summed E-state index contributed by atoms with van der Waals surface area (Å²) in [6, 6.07) is 13.3. The second-order valence-corrected chi connectivity index (χ2v) is 8.13. The van der Waals surface area contributed by atoms with Crippen molar-refractivity contribution in [3.8, 4) is 0 Å². The van der Waals surface area contributed by atoms with Crippen LogP contribution in [0.1, 0.15) is 28.7 Å². The number of aliphatic hydroxyl groups excluding tert-OH is 1. The van der Waals surface area contributed by atoms with Crippen LogP contribution in [0.2, 0.25) is 0 Å². The predicted octanol–water partition coefficient (Wildman–Crippen LogP) is 5.90. The van der Waals surface area contributed by atoms with Crippen molar-refractivity contribution in [3.63, 3.8) is 0 Å². The van der Waals surface area contributed by atoms with E-state index in [0.29, 0.717) is 17.7 Å². The van der Waals surface area contributed by atoms with Crippen molar-refractivity contribution in [1.82, 2.24) is 5.32 Å². The zero-order valence-corrected chi connectivity index (χ0v) is 18.3. The van der Waals surface area contributed by atoms with E-state index in [0.717, 1.165) is 24.3 Å². The van der Waals surface area contributed by atoms with Crippen LogP contribution in [-0.2, 0) is 22.9 Å². The van der Waals surface area contributed by atoms with Gasteiger partial charge in [0.1, 0.15) is 17.7 Å². The number of aliphatic hydroxyl groups is 1. The van der Waals surface area contributed by atoms with Gasteiger partial charge in [0.2, 0.25) is 5.91 Å². The van der Waals surface area contributed by atoms with E-state index in [1.54, 1.807) is 18.2 Å². The van der Waals surface area contributed by atoms with Crippen LogP contribution < -0.4 is 5.32 Å². The van der Waals surface area contributed by atoms with E-state index in [2.05, 4.69) is 5.32 Å². The first-order chi connectivity index (χ1) is 16.7. The number of hydrogen-bond acceptors (Lipinski definition) is 2. The fraction of sp³-hybridized carbons (Fsp3) is 0.240. The number of hydrogen-bond donors (Lipinski definition) is 2. The molecule has 3 aromatic carbocycles. The molecule has 11 heteroatoms. The van der Waals surface area contributed by atoms with E-state index in [1.165, 1.54) is 12.1 Å². The molecule has 0 unspecified atom stereocenters. The maximum absolute atomic E-state index is 14.5. The third-order valence-electron chi connectivity index (χ3n) is 5.43. The van der Waals surface area contributed by atoms with Crippen LogP contribution in [0.15, 0.2) is 72.8 Å². The van der Waals surface area contributed by atoms with Crippen molar-refractivity contribution in [2.24, 2.45) is 0 Å². The first kappa shape index (κ1) is 27.1. The first-order valence-corrected chi connectivity index (χ1v) is 10.4. The molecule has 192 valence electrons. The number of carbonyl (C=O) groups excluding carboxylic acids is 1. The molecular weight excluding hydrogens is 498 g/mol. The molecule has 36 heavy (non-hydrogen) atoms. The molecular formula is C25H19F8NO2. The number of carbonyl (C=O) groups is 1. The molecule has 2 atom stereocenters. The Labute approximate surface area is 200 Å². The highest BCUT2D eigenvalue weighted by Gasteiger charge is 2.42. The SMILES string of the molecule is O=C(N[C@@](Cc1ccccc1)(c1ccc(F)cc1)c1cc(F)cc(C(F)(F)F)c1)[C@@H](O)CC(F)(F)F. The summed E-state index contributed by atoms with van der Waals surface area (Å²) in [5, 5.41) is 12.1. The highest BCUT2D eigenvalue weighted by Crippen LogP contribution is 2.38. The van der Waals surface area contributed by atoms with Gasteiger partial charge >= 0.3 is 12.4 Å². The van der Waals surface area contributed by atoms with Gasteiger partial charge in [-0.3, -0.25) is 4.79 Å². The Balaban J connectivity index is 2.27. The highest BCUT2D eigenvalue weighted by molar-refractivity contribution is 5.82. The summed E-state index contributed by atoms with van der Waals surface area (Å²) in [5.74, 6) is -3.64. The smallest absolute Gasteiger partial charge is 0.383 e. The molecule has 3 rings (SSSR count). The largest absolute Gasteiger partial charge is 0.416 e. The number of alkyl halides is 6. The lowest BCUT2D eigenvalue weighted by Crippen LogP contribution is -2.52. The Morgan fingerprint density at radius 2 is 1.36 bits per heavy atom. The Bertz CT molecular complexity index is 1190.